The second-order valence-corrected chi connectivity index (χ2v) is 5.99. The molecule has 0 aromatic carbocycles. The van der Waals surface area contributed by atoms with E-state index in [9.17, 15) is 0 Å². The van der Waals surface area contributed by atoms with E-state index in [-0.39, 0.29) is 24.8 Å². The Morgan fingerprint density at radius 1 is 1.32 bits per heavy atom. The fourth-order valence-electron chi connectivity index (χ4n) is 2.43. The molecular formula is C13H25Cl2N3S. The molecule has 19 heavy (non-hydrogen) atoms. The van der Waals surface area contributed by atoms with Crippen LogP contribution in [-0.2, 0) is 12.8 Å². The lowest BCUT2D eigenvalue weighted by Gasteiger charge is -2.22. The number of anilines is 1. The number of rotatable bonds is 6. The van der Waals surface area contributed by atoms with Crippen LogP contribution in [0.2, 0.25) is 0 Å². The molecule has 2 rings (SSSR count). The topological polar surface area (TPSA) is 50.9 Å². The summed E-state index contributed by atoms with van der Waals surface area (Å²) in [6, 6.07) is 0.643. The number of nitrogens with two attached hydrogens (primary N) is 1. The fourth-order valence-corrected chi connectivity index (χ4v) is 3.39. The van der Waals surface area contributed by atoms with Gasteiger partial charge in [-0.05, 0) is 32.2 Å². The zero-order valence-corrected chi connectivity index (χ0v) is 13.9. The molecule has 1 heterocycles. The molecule has 0 saturated carbocycles. The predicted molar refractivity (Wildman–Crippen MR) is 89.0 cm³/mol. The predicted octanol–water partition coefficient (Wildman–Crippen LogP) is 3.60. The van der Waals surface area contributed by atoms with Gasteiger partial charge in [0.2, 0.25) is 0 Å². The van der Waals surface area contributed by atoms with Crippen molar-refractivity contribution in [1.29, 1.82) is 0 Å². The summed E-state index contributed by atoms with van der Waals surface area (Å²) in [4.78, 5) is 5.78. The van der Waals surface area contributed by atoms with Gasteiger partial charge in [0.1, 0.15) is 0 Å². The maximum absolute atomic E-state index is 5.75. The van der Waals surface area contributed by atoms with Gasteiger partial charge in [-0.1, -0.05) is 26.2 Å². The van der Waals surface area contributed by atoms with Crippen LogP contribution in [0.3, 0.4) is 0 Å². The summed E-state index contributed by atoms with van der Waals surface area (Å²) < 4.78 is 0. The van der Waals surface area contributed by atoms with E-state index in [4.69, 9.17) is 5.73 Å². The van der Waals surface area contributed by atoms with Gasteiger partial charge in [-0.25, -0.2) is 4.98 Å². The standard InChI is InChI=1S/C13H23N3S.2ClH/c1-2-3-4-5-8-15-10-6-7-11-12(9-10)17-13(14)16-11;;/h10,15H,2-9H2,1H3,(H2,14,16);2*1H. The van der Waals surface area contributed by atoms with Crippen LogP contribution in [0.5, 0.6) is 0 Å². The maximum atomic E-state index is 5.75. The summed E-state index contributed by atoms with van der Waals surface area (Å²) >= 11 is 1.67. The monoisotopic (exact) mass is 325 g/mol. The first-order valence-electron chi connectivity index (χ1n) is 6.77. The maximum Gasteiger partial charge on any atom is 0.180 e. The zero-order valence-electron chi connectivity index (χ0n) is 11.5. The first kappa shape index (κ1) is 19.0. The second-order valence-electron chi connectivity index (χ2n) is 4.88. The van der Waals surface area contributed by atoms with Gasteiger partial charge in [0.05, 0.1) is 5.69 Å². The molecule has 0 bridgehead atoms. The Balaban J connectivity index is 0.00000162. The molecule has 112 valence electrons. The first-order chi connectivity index (χ1) is 8.29. The highest BCUT2D eigenvalue weighted by Gasteiger charge is 2.21. The average molecular weight is 326 g/mol. The highest BCUT2D eigenvalue weighted by molar-refractivity contribution is 7.15. The highest BCUT2D eigenvalue weighted by atomic mass is 35.5. The summed E-state index contributed by atoms with van der Waals surface area (Å²) in [7, 11) is 0. The Hall–Kier alpha value is -0.0300. The molecule has 0 radical (unpaired) electrons. The molecule has 3 N–H and O–H groups in total. The van der Waals surface area contributed by atoms with Crippen molar-refractivity contribution < 1.29 is 0 Å². The van der Waals surface area contributed by atoms with Gasteiger partial charge in [-0.3, -0.25) is 0 Å². The fraction of sp³-hybridized carbons (Fsp3) is 0.769. The molecule has 0 saturated heterocycles. The van der Waals surface area contributed by atoms with E-state index in [1.807, 2.05) is 0 Å². The number of nitrogens with one attached hydrogen (secondary N) is 1. The van der Waals surface area contributed by atoms with E-state index in [0.717, 1.165) is 24.5 Å². The second kappa shape index (κ2) is 9.81. The Morgan fingerprint density at radius 3 is 2.84 bits per heavy atom. The number of halogens is 2. The Labute approximate surface area is 132 Å². The minimum absolute atomic E-state index is 0. The molecule has 0 aliphatic heterocycles. The van der Waals surface area contributed by atoms with Crippen molar-refractivity contribution in [2.24, 2.45) is 0 Å². The van der Waals surface area contributed by atoms with Crippen LogP contribution in [0.15, 0.2) is 0 Å². The number of hydrogen-bond donors (Lipinski definition) is 2. The zero-order chi connectivity index (χ0) is 12.1. The van der Waals surface area contributed by atoms with Crippen molar-refractivity contribution in [2.45, 2.75) is 57.9 Å². The molecule has 0 amide bonds. The quantitative estimate of drug-likeness (QED) is 0.786. The normalized spacial score (nSPS) is 17.2. The number of unbranched alkanes of at least 4 members (excludes halogenated alkanes) is 3. The third-order valence-electron chi connectivity index (χ3n) is 3.42. The first-order valence-corrected chi connectivity index (χ1v) is 7.58. The van der Waals surface area contributed by atoms with Crippen LogP contribution in [0.4, 0.5) is 5.13 Å². The molecule has 1 aliphatic carbocycles. The van der Waals surface area contributed by atoms with E-state index < -0.39 is 0 Å². The van der Waals surface area contributed by atoms with Crippen LogP contribution in [0, 0.1) is 0 Å². The Bertz CT molecular complexity index is 358. The Kier molecular flexibility index (Phi) is 9.79. The molecule has 1 aromatic rings. The molecular weight excluding hydrogens is 301 g/mol. The highest BCUT2D eigenvalue weighted by Crippen LogP contribution is 2.28. The van der Waals surface area contributed by atoms with E-state index in [0.29, 0.717) is 6.04 Å². The lowest BCUT2D eigenvalue weighted by molar-refractivity contribution is 0.449. The number of hydrogen-bond acceptors (Lipinski definition) is 4. The summed E-state index contributed by atoms with van der Waals surface area (Å²) in [6.45, 7) is 3.42. The molecule has 1 aromatic heterocycles. The molecule has 3 nitrogen and oxygen atoms in total. The van der Waals surface area contributed by atoms with E-state index in [1.165, 1.54) is 42.7 Å². The van der Waals surface area contributed by atoms with Gasteiger partial charge in [-0.2, -0.15) is 0 Å². The van der Waals surface area contributed by atoms with Crippen LogP contribution in [0.1, 0.15) is 49.6 Å². The summed E-state index contributed by atoms with van der Waals surface area (Å²) in [6.07, 6.45) is 8.77. The molecule has 1 aliphatic rings. The summed E-state index contributed by atoms with van der Waals surface area (Å²) in [5, 5.41) is 4.40. The number of fused-ring (bicyclic) bond motifs is 1. The average Bonchev–Trinajstić information content (AvgIpc) is 2.68. The molecule has 0 fully saturated rings. The van der Waals surface area contributed by atoms with Crippen molar-refractivity contribution in [1.82, 2.24) is 10.3 Å². The van der Waals surface area contributed by atoms with Crippen molar-refractivity contribution in [3.8, 4) is 0 Å². The lowest BCUT2D eigenvalue weighted by Crippen LogP contribution is -2.34. The van der Waals surface area contributed by atoms with Gasteiger partial charge in [0, 0.05) is 10.9 Å². The van der Waals surface area contributed by atoms with E-state index >= 15 is 0 Å². The minimum Gasteiger partial charge on any atom is -0.375 e. The van der Waals surface area contributed by atoms with Crippen LogP contribution in [-0.4, -0.2) is 17.6 Å². The van der Waals surface area contributed by atoms with Crippen molar-refractivity contribution in [2.75, 3.05) is 12.3 Å². The number of thiazole rings is 1. The van der Waals surface area contributed by atoms with E-state index in [1.54, 1.807) is 11.3 Å². The van der Waals surface area contributed by atoms with Crippen LogP contribution in [0.25, 0.3) is 0 Å². The van der Waals surface area contributed by atoms with E-state index in [2.05, 4.69) is 17.2 Å². The van der Waals surface area contributed by atoms with Gasteiger partial charge in [-0.15, -0.1) is 36.2 Å². The molecule has 1 atom stereocenters. The van der Waals surface area contributed by atoms with Crippen molar-refractivity contribution in [3.05, 3.63) is 10.6 Å². The smallest absolute Gasteiger partial charge is 0.180 e. The van der Waals surface area contributed by atoms with Gasteiger partial charge >= 0.3 is 0 Å². The number of nitrogen functional groups attached to an aromatic ring is 1. The van der Waals surface area contributed by atoms with Gasteiger partial charge in [0.25, 0.3) is 0 Å². The van der Waals surface area contributed by atoms with Gasteiger partial charge < -0.3 is 11.1 Å². The number of aryl methyl sites for hydroxylation is 1. The lowest BCUT2D eigenvalue weighted by atomic mass is 9.97. The summed E-state index contributed by atoms with van der Waals surface area (Å²) in [5.41, 5.74) is 6.99. The summed E-state index contributed by atoms with van der Waals surface area (Å²) in [5.74, 6) is 0. The SMILES string of the molecule is CCCCCCNC1CCc2nc(N)sc2C1.Cl.Cl. The Morgan fingerprint density at radius 2 is 2.11 bits per heavy atom. The van der Waals surface area contributed by atoms with Gasteiger partial charge in [0.15, 0.2) is 5.13 Å². The van der Waals surface area contributed by atoms with Crippen LogP contribution < -0.4 is 11.1 Å². The van der Waals surface area contributed by atoms with Crippen LogP contribution >= 0.6 is 36.2 Å². The van der Waals surface area contributed by atoms with Crippen molar-refractivity contribution in [3.63, 3.8) is 0 Å². The third kappa shape index (κ3) is 5.86. The molecule has 6 heteroatoms. The molecule has 1 unspecified atom stereocenters. The van der Waals surface area contributed by atoms with Crippen molar-refractivity contribution >= 4 is 41.3 Å². The molecule has 0 spiro atoms. The number of nitrogens with zero attached hydrogens (tertiary/aromatic N) is 1. The third-order valence-corrected chi connectivity index (χ3v) is 4.37. The number of aromatic nitrogens is 1. The minimum atomic E-state index is 0. The largest absolute Gasteiger partial charge is 0.375 e.